The highest BCUT2D eigenvalue weighted by atomic mass is 16.3. The highest BCUT2D eigenvalue weighted by Gasteiger charge is 2.59. The van der Waals surface area contributed by atoms with Crippen LogP contribution in [-0.2, 0) is 6.54 Å². The van der Waals surface area contributed by atoms with Gasteiger partial charge in [-0.25, -0.2) is 0 Å². The molecule has 3 nitrogen and oxygen atoms in total. The van der Waals surface area contributed by atoms with Gasteiger partial charge in [0.05, 0.1) is 18.3 Å². The molecular formula is C25H36N2O. The van der Waals surface area contributed by atoms with Crippen molar-refractivity contribution in [2.75, 3.05) is 0 Å². The van der Waals surface area contributed by atoms with E-state index in [1.54, 1.807) is 0 Å². The molecule has 28 heavy (non-hydrogen) atoms. The first-order valence-corrected chi connectivity index (χ1v) is 11.6. The summed E-state index contributed by atoms with van der Waals surface area (Å²) in [5, 5.41) is 10.2. The second-order valence-corrected chi connectivity index (χ2v) is 10.7. The van der Waals surface area contributed by atoms with E-state index in [-0.39, 0.29) is 6.10 Å². The average molecular weight is 381 g/mol. The van der Waals surface area contributed by atoms with Crippen molar-refractivity contribution in [3.8, 4) is 0 Å². The van der Waals surface area contributed by atoms with Gasteiger partial charge in [0.25, 0.3) is 0 Å². The van der Waals surface area contributed by atoms with E-state index in [2.05, 4.69) is 31.0 Å². The topological polar surface area (TPSA) is 45.5 Å². The Balaban J connectivity index is 1.37. The van der Waals surface area contributed by atoms with Crippen LogP contribution in [0, 0.1) is 34.5 Å². The van der Waals surface area contributed by atoms with Crippen molar-refractivity contribution in [2.24, 2.45) is 39.5 Å². The summed E-state index contributed by atoms with van der Waals surface area (Å²) < 4.78 is 0. The smallest absolute Gasteiger partial charge is 0.0811 e. The van der Waals surface area contributed by atoms with Gasteiger partial charge in [-0.1, -0.05) is 19.9 Å². The molecule has 7 atom stereocenters. The third-order valence-electron chi connectivity index (χ3n) is 9.54. The molecule has 1 heterocycles. The van der Waals surface area contributed by atoms with Crippen molar-refractivity contribution >= 4 is 5.71 Å². The molecular weight excluding hydrogens is 344 g/mol. The molecule has 1 aromatic heterocycles. The molecule has 0 radical (unpaired) electrons. The van der Waals surface area contributed by atoms with Gasteiger partial charge in [-0.3, -0.25) is 9.98 Å². The van der Waals surface area contributed by atoms with Crippen LogP contribution < -0.4 is 0 Å². The number of fused-ring (bicyclic) bond motifs is 5. The van der Waals surface area contributed by atoms with Crippen molar-refractivity contribution in [1.82, 2.24) is 4.98 Å². The van der Waals surface area contributed by atoms with E-state index in [0.717, 1.165) is 48.8 Å². The Morgan fingerprint density at radius 2 is 1.96 bits per heavy atom. The number of aromatic nitrogens is 1. The molecule has 4 aliphatic carbocycles. The Labute approximate surface area is 170 Å². The molecule has 0 saturated heterocycles. The fraction of sp³-hybridized carbons (Fsp3) is 0.760. The van der Waals surface area contributed by atoms with Crippen molar-refractivity contribution in [1.29, 1.82) is 0 Å². The molecule has 152 valence electrons. The molecule has 3 heteroatoms. The third kappa shape index (κ3) is 2.88. The summed E-state index contributed by atoms with van der Waals surface area (Å²) in [7, 11) is 0. The molecule has 5 rings (SSSR count). The maximum Gasteiger partial charge on any atom is 0.0811 e. The van der Waals surface area contributed by atoms with Gasteiger partial charge in [-0.05, 0) is 99.0 Å². The fourth-order valence-corrected chi connectivity index (χ4v) is 7.95. The number of aliphatic hydroxyl groups is 1. The van der Waals surface area contributed by atoms with Crippen LogP contribution in [0.25, 0.3) is 0 Å². The summed E-state index contributed by atoms with van der Waals surface area (Å²) in [5.74, 6) is 3.31. The first-order valence-electron chi connectivity index (χ1n) is 11.6. The second kappa shape index (κ2) is 6.93. The van der Waals surface area contributed by atoms with Crippen LogP contribution in [-0.4, -0.2) is 21.9 Å². The van der Waals surface area contributed by atoms with Gasteiger partial charge in [0.15, 0.2) is 0 Å². The zero-order chi connectivity index (χ0) is 19.4. The Morgan fingerprint density at radius 3 is 2.79 bits per heavy atom. The highest BCUT2D eigenvalue weighted by Crippen LogP contribution is 2.65. The molecule has 0 spiro atoms. The predicted octanol–water partition coefficient (Wildman–Crippen LogP) is 5.43. The number of hydrogen-bond acceptors (Lipinski definition) is 3. The van der Waals surface area contributed by atoms with Crippen LogP contribution >= 0.6 is 0 Å². The summed E-state index contributed by atoms with van der Waals surface area (Å²) in [4.78, 5) is 9.58. The standard InChI is InChI=1S/C25H36N2O/c1-24-12-10-19(28)15-17(24)6-7-20-21-8-9-23(25(21,2)13-11-22(20)24)27-16-18-5-3-4-14-26-18/h3-5,14,17,19-22,28H,6-13,15-16H2,1-2H3/b27-23+/t17-,19-,20-,21-,22-,24-,25-/m0/s1. The number of nitrogens with zero attached hydrogens (tertiary/aromatic N) is 2. The van der Waals surface area contributed by atoms with Gasteiger partial charge >= 0.3 is 0 Å². The number of pyridine rings is 1. The van der Waals surface area contributed by atoms with Crippen LogP contribution in [0.1, 0.15) is 77.3 Å². The Morgan fingerprint density at radius 1 is 1.07 bits per heavy atom. The average Bonchev–Trinajstić information content (AvgIpc) is 3.04. The summed E-state index contributed by atoms with van der Waals surface area (Å²) in [5.41, 5.74) is 3.35. The molecule has 1 N–H and O–H groups in total. The van der Waals surface area contributed by atoms with Crippen LogP contribution in [0.4, 0.5) is 0 Å². The Kier molecular flexibility index (Phi) is 4.65. The number of aliphatic imine (C=N–C) groups is 1. The molecule has 0 unspecified atom stereocenters. The van der Waals surface area contributed by atoms with Crippen molar-refractivity contribution in [3.05, 3.63) is 30.1 Å². The Hall–Kier alpha value is -1.22. The third-order valence-corrected chi connectivity index (χ3v) is 9.54. The van der Waals surface area contributed by atoms with Gasteiger partial charge in [0, 0.05) is 17.3 Å². The van der Waals surface area contributed by atoms with E-state index in [0.29, 0.717) is 10.8 Å². The quantitative estimate of drug-likeness (QED) is 0.744. The zero-order valence-electron chi connectivity index (χ0n) is 17.6. The SMILES string of the molecule is C[C@]12CC[C@H](O)C[C@@H]1CC[C@@H]1[C@@H]2CC[C@]2(C)/C(=N/Cc3ccccn3)CC[C@@H]12. The molecule has 0 amide bonds. The summed E-state index contributed by atoms with van der Waals surface area (Å²) in [6, 6.07) is 6.13. The minimum atomic E-state index is -0.0414. The normalized spacial score (nSPS) is 46.7. The van der Waals surface area contributed by atoms with Gasteiger partial charge < -0.3 is 5.11 Å². The zero-order valence-corrected chi connectivity index (χ0v) is 17.6. The first-order chi connectivity index (χ1) is 13.5. The monoisotopic (exact) mass is 380 g/mol. The van der Waals surface area contributed by atoms with E-state index in [9.17, 15) is 5.11 Å². The lowest BCUT2D eigenvalue weighted by Gasteiger charge is -2.60. The van der Waals surface area contributed by atoms with Gasteiger partial charge in [0.2, 0.25) is 0 Å². The first kappa shape index (κ1) is 18.8. The summed E-state index contributed by atoms with van der Waals surface area (Å²) in [6.45, 7) is 5.84. The van der Waals surface area contributed by atoms with Crippen molar-refractivity contribution < 1.29 is 5.11 Å². The lowest BCUT2D eigenvalue weighted by Crippen LogP contribution is -2.54. The summed E-state index contributed by atoms with van der Waals surface area (Å²) in [6.07, 6.45) is 13.1. The van der Waals surface area contributed by atoms with E-state index in [4.69, 9.17) is 4.99 Å². The summed E-state index contributed by atoms with van der Waals surface area (Å²) >= 11 is 0. The van der Waals surface area contributed by atoms with E-state index < -0.39 is 0 Å². The minimum absolute atomic E-state index is 0.0414. The van der Waals surface area contributed by atoms with Crippen LogP contribution in [0.15, 0.2) is 29.4 Å². The molecule has 0 aliphatic heterocycles. The van der Waals surface area contributed by atoms with E-state index in [1.807, 2.05) is 12.3 Å². The highest BCUT2D eigenvalue weighted by molar-refractivity contribution is 5.92. The van der Waals surface area contributed by atoms with E-state index >= 15 is 0 Å². The number of aliphatic hydroxyl groups excluding tert-OH is 1. The molecule has 4 aliphatic rings. The fourth-order valence-electron chi connectivity index (χ4n) is 7.95. The molecule has 4 fully saturated rings. The van der Waals surface area contributed by atoms with Gasteiger partial charge in [-0.15, -0.1) is 0 Å². The minimum Gasteiger partial charge on any atom is -0.393 e. The van der Waals surface area contributed by atoms with E-state index in [1.165, 1.54) is 50.7 Å². The van der Waals surface area contributed by atoms with Gasteiger partial charge in [-0.2, -0.15) is 0 Å². The van der Waals surface area contributed by atoms with Crippen LogP contribution in [0.2, 0.25) is 0 Å². The van der Waals surface area contributed by atoms with Crippen molar-refractivity contribution in [3.63, 3.8) is 0 Å². The lowest BCUT2D eigenvalue weighted by molar-refractivity contribution is -0.113. The molecule has 0 aromatic carbocycles. The number of hydrogen-bond donors (Lipinski definition) is 1. The van der Waals surface area contributed by atoms with Gasteiger partial charge in [0.1, 0.15) is 0 Å². The maximum absolute atomic E-state index is 10.2. The Bertz CT molecular complexity index is 746. The molecule has 4 saturated carbocycles. The lowest BCUT2D eigenvalue weighted by atomic mass is 9.45. The van der Waals surface area contributed by atoms with Crippen LogP contribution in [0.3, 0.4) is 0 Å². The predicted molar refractivity (Wildman–Crippen MR) is 113 cm³/mol. The molecule has 0 bridgehead atoms. The van der Waals surface area contributed by atoms with Crippen LogP contribution in [0.5, 0.6) is 0 Å². The largest absolute Gasteiger partial charge is 0.393 e. The maximum atomic E-state index is 10.2. The second-order valence-electron chi connectivity index (χ2n) is 10.7. The number of rotatable bonds is 2. The van der Waals surface area contributed by atoms with Crippen molar-refractivity contribution in [2.45, 2.75) is 84.3 Å². The molecule has 1 aromatic rings.